The second-order valence-electron chi connectivity index (χ2n) is 8.64. The van der Waals surface area contributed by atoms with Crippen LogP contribution in [0.3, 0.4) is 0 Å². The maximum atomic E-state index is 13.8. The first-order valence-corrected chi connectivity index (χ1v) is 12.9. The molecular weight excluding hydrogens is 430 g/mol. The number of hydrogen-bond acceptors (Lipinski definition) is 6. The maximum Gasteiger partial charge on any atom is 0.265 e. The van der Waals surface area contributed by atoms with Gasteiger partial charge in [0.1, 0.15) is 11.6 Å². The average Bonchev–Trinajstić information content (AvgIpc) is 3.15. The number of aliphatic hydroxyl groups is 1. The lowest BCUT2D eigenvalue weighted by Gasteiger charge is -2.38. The number of aromatic nitrogens is 2. The molecule has 0 bridgehead atoms. The molecule has 1 aliphatic heterocycles. The lowest BCUT2D eigenvalue weighted by atomic mass is 9.93. The number of benzene rings is 1. The molecule has 2 aliphatic rings. The fourth-order valence-electron chi connectivity index (χ4n) is 4.28. The topological polar surface area (TPSA) is 93.9 Å². The van der Waals surface area contributed by atoms with Gasteiger partial charge in [-0.3, -0.25) is 0 Å². The zero-order valence-electron chi connectivity index (χ0n) is 18.9. The Bertz CT molecular complexity index is 1030. The highest BCUT2D eigenvalue weighted by atomic mass is 32.2. The third-order valence-corrected chi connectivity index (χ3v) is 8.24. The minimum absolute atomic E-state index is 0.0802. The minimum Gasteiger partial charge on any atom is -0.493 e. The highest BCUT2D eigenvalue weighted by molar-refractivity contribution is 7.92. The maximum absolute atomic E-state index is 13.8. The van der Waals surface area contributed by atoms with Gasteiger partial charge in [-0.25, -0.2) is 17.4 Å². The van der Waals surface area contributed by atoms with Gasteiger partial charge in [-0.1, -0.05) is 0 Å². The Morgan fingerprint density at radius 2 is 1.97 bits per heavy atom. The van der Waals surface area contributed by atoms with E-state index in [9.17, 15) is 13.5 Å². The van der Waals surface area contributed by atoms with Crippen LogP contribution in [0.2, 0.25) is 0 Å². The van der Waals surface area contributed by atoms with Crippen molar-refractivity contribution >= 4 is 15.8 Å². The molecule has 0 radical (unpaired) electrons. The van der Waals surface area contributed by atoms with Crippen molar-refractivity contribution in [2.75, 3.05) is 24.1 Å². The first kappa shape index (κ1) is 23.1. The Morgan fingerprint density at radius 3 is 2.59 bits per heavy atom. The summed E-state index contributed by atoms with van der Waals surface area (Å²) in [6.07, 6.45) is 4.55. The molecule has 0 spiro atoms. The minimum atomic E-state index is -3.83. The Kier molecular flexibility index (Phi) is 7.07. The molecule has 1 aromatic carbocycles. The molecule has 0 unspecified atom stereocenters. The second-order valence-corrected chi connectivity index (χ2v) is 10.5. The van der Waals surface area contributed by atoms with Crippen molar-refractivity contribution in [2.45, 2.75) is 70.0 Å². The number of aliphatic hydroxyl groups excluding tert-OH is 1. The number of hydrogen-bond donors (Lipinski definition) is 1. The van der Waals surface area contributed by atoms with Crippen LogP contribution in [0.15, 0.2) is 29.2 Å². The van der Waals surface area contributed by atoms with E-state index in [-0.39, 0.29) is 17.5 Å². The zero-order chi connectivity index (χ0) is 22.7. The van der Waals surface area contributed by atoms with Crippen LogP contribution in [0.1, 0.15) is 50.3 Å². The molecule has 9 heteroatoms. The molecule has 2 heterocycles. The van der Waals surface area contributed by atoms with Crippen molar-refractivity contribution < 1.29 is 23.0 Å². The molecular formula is C23H33N3O5S. The second kappa shape index (κ2) is 9.80. The van der Waals surface area contributed by atoms with Crippen molar-refractivity contribution in [3.8, 4) is 5.75 Å². The summed E-state index contributed by atoms with van der Waals surface area (Å²) in [5.74, 6) is 1.54. The van der Waals surface area contributed by atoms with Gasteiger partial charge in [0.2, 0.25) is 0 Å². The van der Waals surface area contributed by atoms with Gasteiger partial charge in [0.15, 0.2) is 0 Å². The van der Waals surface area contributed by atoms with Crippen LogP contribution in [0.4, 0.5) is 5.82 Å². The summed E-state index contributed by atoms with van der Waals surface area (Å²) in [4.78, 5) is 0.161. The van der Waals surface area contributed by atoms with Gasteiger partial charge in [-0.2, -0.15) is 5.10 Å². The van der Waals surface area contributed by atoms with E-state index in [0.29, 0.717) is 36.2 Å². The van der Waals surface area contributed by atoms with Crippen LogP contribution in [0, 0.1) is 12.8 Å². The molecule has 1 aromatic heterocycles. The molecule has 0 amide bonds. The highest BCUT2D eigenvalue weighted by Gasteiger charge is 2.37. The SMILES string of the molecule is CCn1nc(C)cc1N(C1CCC1)S(=O)(=O)c1ccc(OCC2CCOCC2)c(CO)c1. The summed E-state index contributed by atoms with van der Waals surface area (Å²) in [5, 5.41) is 14.4. The van der Waals surface area contributed by atoms with Gasteiger partial charge >= 0.3 is 0 Å². The largest absolute Gasteiger partial charge is 0.493 e. The van der Waals surface area contributed by atoms with Crippen LogP contribution in [0.5, 0.6) is 5.75 Å². The molecule has 32 heavy (non-hydrogen) atoms. The first-order valence-electron chi connectivity index (χ1n) is 11.5. The fraction of sp³-hybridized carbons (Fsp3) is 0.609. The van der Waals surface area contributed by atoms with E-state index in [2.05, 4.69) is 5.10 Å². The standard InChI is InChI=1S/C23H33N3O5S/c1-3-25-23(13-17(2)24-25)26(20-5-4-6-20)32(28,29)21-7-8-22(19(14-21)15-27)31-16-18-9-11-30-12-10-18/h7-8,13-14,18,20,27H,3-6,9-12,15-16H2,1-2H3. The number of rotatable bonds is 9. The molecule has 2 aromatic rings. The molecule has 4 rings (SSSR count). The van der Waals surface area contributed by atoms with E-state index >= 15 is 0 Å². The summed E-state index contributed by atoms with van der Waals surface area (Å²) in [6, 6.07) is 6.54. The van der Waals surface area contributed by atoms with Crippen molar-refractivity contribution in [1.82, 2.24) is 9.78 Å². The smallest absolute Gasteiger partial charge is 0.265 e. The summed E-state index contributed by atoms with van der Waals surface area (Å²) in [7, 11) is -3.83. The Labute approximate surface area is 190 Å². The lowest BCUT2D eigenvalue weighted by Crippen LogP contribution is -2.45. The molecule has 1 saturated heterocycles. The predicted molar refractivity (Wildman–Crippen MR) is 121 cm³/mol. The normalized spacial score (nSPS) is 17.8. The molecule has 1 aliphatic carbocycles. The molecule has 1 N–H and O–H groups in total. The number of nitrogens with zero attached hydrogens (tertiary/aromatic N) is 3. The molecule has 0 atom stereocenters. The van der Waals surface area contributed by atoms with Crippen LogP contribution < -0.4 is 9.04 Å². The Morgan fingerprint density at radius 1 is 1.22 bits per heavy atom. The van der Waals surface area contributed by atoms with Gasteiger partial charge in [0.25, 0.3) is 10.0 Å². The van der Waals surface area contributed by atoms with Crippen molar-refractivity contribution in [1.29, 1.82) is 0 Å². The molecule has 8 nitrogen and oxygen atoms in total. The van der Waals surface area contributed by atoms with Crippen molar-refractivity contribution in [3.63, 3.8) is 0 Å². The molecule has 1 saturated carbocycles. The van der Waals surface area contributed by atoms with E-state index in [0.717, 1.165) is 51.0 Å². The number of sulfonamides is 1. The van der Waals surface area contributed by atoms with E-state index in [1.807, 2.05) is 19.9 Å². The van der Waals surface area contributed by atoms with Crippen molar-refractivity contribution in [2.24, 2.45) is 5.92 Å². The van der Waals surface area contributed by atoms with Gasteiger partial charge in [0, 0.05) is 37.4 Å². The van der Waals surface area contributed by atoms with E-state index in [4.69, 9.17) is 9.47 Å². The van der Waals surface area contributed by atoms with E-state index in [1.54, 1.807) is 22.9 Å². The fourth-order valence-corrected chi connectivity index (χ4v) is 6.04. The van der Waals surface area contributed by atoms with Crippen molar-refractivity contribution in [3.05, 3.63) is 35.5 Å². The van der Waals surface area contributed by atoms with Crippen LogP contribution in [-0.2, 0) is 27.9 Å². The predicted octanol–water partition coefficient (Wildman–Crippen LogP) is 3.26. The molecule has 176 valence electrons. The number of aryl methyl sites for hydroxylation is 2. The van der Waals surface area contributed by atoms with E-state index < -0.39 is 10.0 Å². The van der Waals surface area contributed by atoms with Crippen LogP contribution in [0.25, 0.3) is 0 Å². The van der Waals surface area contributed by atoms with Crippen LogP contribution in [-0.4, -0.2) is 49.2 Å². The van der Waals surface area contributed by atoms with E-state index in [1.165, 1.54) is 4.31 Å². The average molecular weight is 464 g/mol. The summed E-state index contributed by atoms with van der Waals surface area (Å²) < 4.78 is 42.2. The zero-order valence-corrected chi connectivity index (χ0v) is 19.7. The summed E-state index contributed by atoms with van der Waals surface area (Å²) in [6.45, 7) is 6.13. The van der Waals surface area contributed by atoms with Gasteiger partial charge < -0.3 is 14.6 Å². The third kappa shape index (κ3) is 4.65. The third-order valence-electron chi connectivity index (χ3n) is 6.39. The van der Waals surface area contributed by atoms with Gasteiger partial charge in [-0.15, -0.1) is 0 Å². The quantitative estimate of drug-likeness (QED) is 0.614. The first-order chi connectivity index (χ1) is 15.4. The summed E-state index contributed by atoms with van der Waals surface area (Å²) >= 11 is 0. The lowest BCUT2D eigenvalue weighted by molar-refractivity contribution is 0.0494. The molecule has 2 fully saturated rings. The Hall–Kier alpha value is -2.10. The monoisotopic (exact) mass is 463 g/mol. The summed E-state index contributed by atoms with van der Waals surface area (Å²) in [5.41, 5.74) is 1.26. The van der Waals surface area contributed by atoms with Crippen LogP contribution >= 0.6 is 0 Å². The highest BCUT2D eigenvalue weighted by Crippen LogP contribution is 2.36. The van der Waals surface area contributed by atoms with Gasteiger partial charge in [-0.05, 0) is 70.1 Å². The number of ether oxygens (including phenoxy) is 2. The van der Waals surface area contributed by atoms with Gasteiger partial charge in [0.05, 0.1) is 23.8 Å². The number of anilines is 1. The Balaban J connectivity index is 1.62.